The van der Waals surface area contributed by atoms with Gasteiger partial charge in [0, 0.05) is 37.2 Å². The molecule has 0 radical (unpaired) electrons. The van der Waals surface area contributed by atoms with Gasteiger partial charge in [-0.2, -0.15) is 0 Å². The summed E-state index contributed by atoms with van der Waals surface area (Å²) in [5.74, 6) is -0.0896. The lowest BCUT2D eigenvalue weighted by Crippen LogP contribution is -2.51. The molecule has 0 N–H and O–H groups in total. The summed E-state index contributed by atoms with van der Waals surface area (Å²) in [7, 11) is 1.95. The standard InChI is InChI=1S/C20H23BrFN3O/c1-23(14-16-6-2-3-7-17(16)21)15-20(26)25-12-10-24(11-13-25)19-9-5-4-8-18(19)22/h2-9H,10-15H2,1H3. The fraction of sp³-hybridized carbons (Fsp3) is 0.350. The van der Waals surface area contributed by atoms with E-state index in [1.165, 1.54) is 6.07 Å². The van der Waals surface area contributed by atoms with Crippen LogP contribution in [-0.2, 0) is 11.3 Å². The van der Waals surface area contributed by atoms with Gasteiger partial charge in [-0.3, -0.25) is 9.69 Å². The van der Waals surface area contributed by atoms with Gasteiger partial charge >= 0.3 is 0 Å². The van der Waals surface area contributed by atoms with E-state index in [1.54, 1.807) is 12.1 Å². The average Bonchev–Trinajstić information content (AvgIpc) is 2.64. The molecule has 1 heterocycles. The van der Waals surface area contributed by atoms with E-state index in [9.17, 15) is 9.18 Å². The number of amides is 1. The molecule has 1 aliphatic rings. The molecule has 26 heavy (non-hydrogen) atoms. The third-order valence-corrected chi connectivity index (χ3v) is 5.40. The van der Waals surface area contributed by atoms with Gasteiger partial charge in [0.25, 0.3) is 0 Å². The van der Waals surface area contributed by atoms with Gasteiger partial charge in [0.2, 0.25) is 5.91 Å². The molecule has 2 aromatic rings. The van der Waals surface area contributed by atoms with E-state index in [1.807, 2.05) is 46.0 Å². The number of carbonyl (C=O) groups is 1. The lowest BCUT2D eigenvalue weighted by Gasteiger charge is -2.36. The first-order valence-corrected chi connectivity index (χ1v) is 9.53. The topological polar surface area (TPSA) is 26.8 Å². The van der Waals surface area contributed by atoms with Crippen molar-refractivity contribution in [1.29, 1.82) is 0 Å². The van der Waals surface area contributed by atoms with Crippen LogP contribution in [0.15, 0.2) is 53.0 Å². The third kappa shape index (κ3) is 4.62. The van der Waals surface area contributed by atoms with E-state index >= 15 is 0 Å². The smallest absolute Gasteiger partial charge is 0.236 e. The lowest BCUT2D eigenvalue weighted by molar-refractivity contribution is -0.132. The van der Waals surface area contributed by atoms with E-state index in [2.05, 4.69) is 22.0 Å². The largest absolute Gasteiger partial charge is 0.366 e. The molecule has 0 atom stereocenters. The summed E-state index contributed by atoms with van der Waals surface area (Å²) in [4.78, 5) is 18.5. The first-order chi connectivity index (χ1) is 12.5. The number of anilines is 1. The highest BCUT2D eigenvalue weighted by Crippen LogP contribution is 2.20. The average molecular weight is 420 g/mol. The van der Waals surface area contributed by atoms with Crippen molar-refractivity contribution in [2.24, 2.45) is 0 Å². The molecule has 1 saturated heterocycles. The molecule has 6 heteroatoms. The van der Waals surface area contributed by atoms with Crippen LogP contribution in [0.25, 0.3) is 0 Å². The minimum atomic E-state index is -0.208. The maximum atomic E-state index is 13.9. The van der Waals surface area contributed by atoms with Crippen LogP contribution in [0.2, 0.25) is 0 Å². The van der Waals surface area contributed by atoms with E-state index < -0.39 is 0 Å². The Labute approximate surface area is 162 Å². The predicted molar refractivity (Wildman–Crippen MR) is 106 cm³/mol. The molecule has 1 amide bonds. The van der Waals surface area contributed by atoms with Crippen LogP contribution in [0.5, 0.6) is 0 Å². The van der Waals surface area contributed by atoms with Gasteiger partial charge in [0.1, 0.15) is 5.82 Å². The highest BCUT2D eigenvalue weighted by Gasteiger charge is 2.23. The molecule has 1 aliphatic heterocycles. The number of likely N-dealkylation sites (N-methyl/N-ethyl adjacent to an activating group) is 1. The fourth-order valence-electron chi connectivity index (χ4n) is 3.21. The lowest BCUT2D eigenvalue weighted by atomic mass is 10.2. The number of para-hydroxylation sites is 1. The molecule has 2 aromatic carbocycles. The molecule has 0 aromatic heterocycles. The molecular weight excluding hydrogens is 397 g/mol. The van der Waals surface area contributed by atoms with Crippen LogP contribution in [0.3, 0.4) is 0 Å². The van der Waals surface area contributed by atoms with Gasteiger partial charge in [-0.1, -0.05) is 46.3 Å². The first kappa shape index (κ1) is 18.9. The SMILES string of the molecule is CN(CC(=O)N1CCN(c2ccccc2F)CC1)Cc1ccccc1Br. The monoisotopic (exact) mass is 419 g/mol. The van der Waals surface area contributed by atoms with Crippen molar-refractivity contribution in [3.05, 3.63) is 64.4 Å². The number of piperazine rings is 1. The maximum absolute atomic E-state index is 13.9. The molecule has 0 saturated carbocycles. The molecule has 3 rings (SSSR count). The zero-order chi connectivity index (χ0) is 18.5. The summed E-state index contributed by atoms with van der Waals surface area (Å²) in [5, 5.41) is 0. The molecule has 0 bridgehead atoms. The van der Waals surface area contributed by atoms with Gasteiger partial charge in [-0.05, 0) is 30.8 Å². The Morgan fingerprint density at radius 1 is 1.08 bits per heavy atom. The number of halogens is 2. The summed E-state index contributed by atoms with van der Waals surface area (Å²) in [6.45, 7) is 3.64. The number of benzene rings is 2. The second-order valence-corrected chi connectivity index (χ2v) is 7.44. The van der Waals surface area contributed by atoms with E-state index in [4.69, 9.17) is 0 Å². The van der Waals surface area contributed by atoms with Crippen molar-refractivity contribution in [3.8, 4) is 0 Å². The third-order valence-electron chi connectivity index (χ3n) is 4.63. The summed E-state index contributed by atoms with van der Waals surface area (Å²) >= 11 is 3.54. The summed E-state index contributed by atoms with van der Waals surface area (Å²) < 4.78 is 15.0. The molecule has 1 fully saturated rings. The van der Waals surface area contributed by atoms with Crippen molar-refractivity contribution in [2.45, 2.75) is 6.54 Å². The maximum Gasteiger partial charge on any atom is 0.236 e. The first-order valence-electron chi connectivity index (χ1n) is 8.74. The minimum Gasteiger partial charge on any atom is -0.366 e. The van der Waals surface area contributed by atoms with Crippen molar-refractivity contribution < 1.29 is 9.18 Å². The predicted octanol–water partition coefficient (Wildman–Crippen LogP) is 3.37. The summed E-state index contributed by atoms with van der Waals surface area (Å²) in [6.07, 6.45) is 0. The Hall–Kier alpha value is -1.92. The van der Waals surface area contributed by atoms with Gasteiger partial charge in [-0.25, -0.2) is 4.39 Å². The molecule has 4 nitrogen and oxygen atoms in total. The number of nitrogens with zero attached hydrogens (tertiary/aromatic N) is 3. The Morgan fingerprint density at radius 3 is 2.42 bits per heavy atom. The zero-order valence-electron chi connectivity index (χ0n) is 14.9. The molecule has 138 valence electrons. The van der Waals surface area contributed by atoms with Gasteiger partial charge in [0.05, 0.1) is 12.2 Å². The highest BCUT2D eigenvalue weighted by atomic mass is 79.9. The Bertz CT molecular complexity index is 762. The fourth-order valence-corrected chi connectivity index (χ4v) is 3.62. The van der Waals surface area contributed by atoms with Crippen LogP contribution in [-0.4, -0.2) is 55.5 Å². The normalized spacial score (nSPS) is 14.8. The number of hydrogen-bond acceptors (Lipinski definition) is 3. The summed E-state index contributed by atoms with van der Waals surface area (Å²) in [5.41, 5.74) is 1.78. The van der Waals surface area contributed by atoms with Gasteiger partial charge in [-0.15, -0.1) is 0 Å². The Morgan fingerprint density at radius 2 is 1.73 bits per heavy atom. The quantitative estimate of drug-likeness (QED) is 0.743. The van der Waals surface area contributed by atoms with Gasteiger partial charge in [0.15, 0.2) is 0 Å². The molecule has 0 unspecified atom stereocenters. The highest BCUT2D eigenvalue weighted by molar-refractivity contribution is 9.10. The van der Waals surface area contributed by atoms with Crippen molar-refractivity contribution >= 4 is 27.5 Å². The van der Waals surface area contributed by atoms with Crippen molar-refractivity contribution in [1.82, 2.24) is 9.80 Å². The van der Waals surface area contributed by atoms with Crippen molar-refractivity contribution in [3.63, 3.8) is 0 Å². The van der Waals surface area contributed by atoms with E-state index in [0.717, 1.165) is 10.0 Å². The number of rotatable bonds is 5. The van der Waals surface area contributed by atoms with E-state index in [0.29, 0.717) is 45.0 Å². The second kappa shape index (κ2) is 8.64. The van der Waals surface area contributed by atoms with Crippen LogP contribution in [0.4, 0.5) is 10.1 Å². The Balaban J connectivity index is 1.51. The van der Waals surface area contributed by atoms with Crippen LogP contribution in [0, 0.1) is 5.82 Å². The van der Waals surface area contributed by atoms with Crippen LogP contribution < -0.4 is 4.90 Å². The summed E-state index contributed by atoms with van der Waals surface area (Å²) in [6, 6.07) is 14.8. The molecule has 0 aliphatic carbocycles. The van der Waals surface area contributed by atoms with Gasteiger partial charge < -0.3 is 9.80 Å². The van der Waals surface area contributed by atoms with Crippen LogP contribution >= 0.6 is 15.9 Å². The van der Waals surface area contributed by atoms with Crippen molar-refractivity contribution in [2.75, 3.05) is 44.7 Å². The Kier molecular flexibility index (Phi) is 6.27. The zero-order valence-corrected chi connectivity index (χ0v) is 16.5. The molecule has 0 spiro atoms. The van der Waals surface area contributed by atoms with Crippen LogP contribution in [0.1, 0.15) is 5.56 Å². The minimum absolute atomic E-state index is 0.118. The second-order valence-electron chi connectivity index (χ2n) is 6.58. The number of hydrogen-bond donors (Lipinski definition) is 0. The van der Waals surface area contributed by atoms with E-state index in [-0.39, 0.29) is 11.7 Å². The molecular formula is C20H23BrFN3O. The number of carbonyl (C=O) groups excluding carboxylic acids is 1.